The number of H-pyrrole nitrogens is 1. The second kappa shape index (κ2) is 9.45. The lowest BCUT2D eigenvalue weighted by Crippen LogP contribution is -2.32. The Morgan fingerprint density at radius 3 is 2.62 bits per heavy atom. The van der Waals surface area contributed by atoms with Crippen molar-refractivity contribution in [2.75, 3.05) is 30.3 Å². The molecule has 1 aromatic carbocycles. The first kappa shape index (κ1) is 21.2. The van der Waals surface area contributed by atoms with Gasteiger partial charge in [-0.25, -0.2) is 4.98 Å². The molecule has 3 heterocycles. The molecule has 1 saturated heterocycles. The number of fused-ring (bicyclic) bond motifs is 1. The van der Waals surface area contributed by atoms with Gasteiger partial charge in [0.1, 0.15) is 5.52 Å². The molecule has 5 rings (SSSR count). The van der Waals surface area contributed by atoms with E-state index in [1.54, 1.807) is 6.33 Å². The minimum absolute atomic E-state index is 0.464. The summed E-state index contributed by atoms with van der Waals surface area (Å²) in [7, 11) is 0. The summed E-state index contributed by atoms with van der Waals surface area (Å²) in [4.78, 5) is 19.6. The van der Waals surface area contributed by atoms with Gasteiger partial charge >= 0.3 is 0 Å². The maximum Gasteiger partial charge on any atom is 0.231 e. The number of hydrogen-bond acceptors (Lipinski definition) is 6. The maximum absolute atomic E-state index is 4.81. The molecule has 1 aliphatic carbocycles. The molecular weight excluding hydrogens is 398 g/mol. The molecule has 0 spiro atoms. The number of rotatable bonds is 6. The fourth-order valence-electron chi connectivity index (χ4n) is 5.22. The molecule has 0 atom stereocenters. The number of aryl methyl sites for hydroxylation is 1. The van der Waals surface area contributed by atoms with Gasteiger partial charge in [0.2, 0.25) is 5.95 Å². The van der Waals surface area contributed by atoms with Crippen molar-refractivity contribution >= 4 is 28.6 Å². The molecule has 7 nitrogen and oxygen atoms in total. The number of nitrogens with zero attached hydrogens (tertiary/aromatic N) is 4. The van der Waals surface area contributed by atoms with Crippen LogP contribution in [0.1, 0.15) is 68.9 Å². The van der Waals surface area contributed by atoms with Gasteiger partial charge in [-0.3, -0.25) is 0 Å². The lowest BCUT2D eigenvalue weighted by atomic mass is 9.88. The van der Waals surface area contributed by atoms with Crippen molar-refractivity contribution in [2.24, 2.45) is 0 Å². The molecule has 0 radical (unpaired) electrons. The summed E-state index contributed by atoms with van der Waals surface area (Å²) in [5.41, 5.74) is 5.32. The van der Waals surface area contributed by atoms with E-state index >= 15 is 0 Å². The van der Waals surface area contributed by atoms with Crippen LogP contribution in [-0.4, -0.2) is 50.5 Å². The molecule has 1 saturated carbocycles. The third-order valence-corrected chi connectivity index (χ3v) is 7.23. The molecule has 2 fully saturated rings. The van der Waals surface area contributed by atoms with E-state index in [1.807, 2.05) is 0 Å². The van der Waals surface area contributed by atoms with Crippen LogP contribution in [0.25, 0.3) is 11.2 Å². The van der Waals surface area contributed by atoms with E-state index in [2.05, 4.69) is 62.5 Å². The van der Waals surface area contributed by atoms with Gasteiger partial charge in [0.05, 0.1) is 6.33 Å². The van der Waals surface area contributed by atoms with E-state index in [-0.39, 0.29) is 0 Å². The SMILES string of the molecule is CCN1CCC(c2ccc(Nc3nc(NC4CCCCC4)c4nc[nH]c4n3)c(C)c2)CC1. The summed E-state index contributed by atoms with van der Waals surface area (Å²) in [6.45, 7) is 7.99. The fourth-order valence-corrected chi connectivity index (χ4v) is 5.22. The highest BCUT2D eigenvalue weighted by Crippen LogP contribution is 2.31. The fraction of sp³-hybridized carbons (Fsp3) is 0.560. The zero-order valence-corrected chi connectivity index (χ0v) is 19.3. The standard InChI is InChI=1S/C25H35N7/c1-3-32-13-11-18(12-14-32)19-9-10-21(17(2)15-19)29-25-30-23-22(26-16-27-23)24(31-25)28-20-7-5-4-6-8-20/h9-10,15-16,18,20H,3-8,11-14H2,1-2H3,(H3,26,27,28,29,30,31). The van der Waals surface area contributed by atoms with E-state index < -0.39 is 0 Å². The van der Waals surface area contributed by atoms with Crippen LogP contribution in [0, 0.1) is 6.92 Å². The Morgan fingerprint density at radius 1 is 1.06 bits per heavy atom. The van der Waals surface area contributed by atoms with Gasteiger partial charge in [-0.05, 0) is 75.4 Å². The number of hydrogen-bond donors (Lipinski definition) is 3. The van der Waals surface area contributed by atoms with Crippen LogP contribution in [0.4, 0.5) is 17.5 Å². The van der Waals surface area contributed by atoms with Crippen molar-refractivity contribution in [3.05, 3.63) is 35.7 Å². The molecule has 3 aromatic rings. The predicted molar refractivity (Wildman–Crippen MR) is 131 cm³/mol. The first-order valence-corrected chi connectivity index (χ1v) is 12.3. The van der Waals surface area contributed by atoms with Gasteiger partial charge in [0, 0.05) is 11.7 Å². The minimum atomic E-state index is 0.464. The van der Waals surface area contributed by atoms with Gasteiger partial charge in [-0.1, -0.05) is 38.3 Å². The highest BCUT2D eigenvalue weighted by Gasteiger charge is 2.21. The molecule has 3 N–H and O–H groups in total. The van der Waals surface area contributed by atoms with E-state index in [1.165, 1.54) is 69.2 Å². The van der Waals surface area contributed by atoms with E-state index in [4.69, 9.17) is 4.98 Å². The molecule has 7 heteroatoms. The number of imidazole rings is 1. The summed E-state index contributed by atoms with van der Waals surface area (Å²) in [5, 5.41) is 7.09. The molecular formula is C25H35N7. The predicted octanol–water partition coefficient (Wildman–Crippen LogP) is 5.35. The second-order valence-corrected chi connectivity index (χ2v) is 9.38. The van der Waals surface area contributed by atoms with Crippen molar-refractivity contribution in [3.63, 3.8) is 0 Å². The number of likely N-dealkylation sites (tertiary alicyclic amines) is 1. The molecule has 0 unspecified atom stereocenters. The maximum atomic E-state index is 4.81. The van der Waals surface area contributed by atoms with Gasteiger partial charge in [-0.15, -0.1) is 0 Å². The van der Waals surface area contributed by atoms with E-state index in [9.17, 15) is 0 Å². The van der Waals surface area contributed by atoms with Crippen LogP contribution >= 0.6 is 0 Å². The highest BCUT2D eigenvalue weighted by molar-refractivity contribution is 5.84. The van der Waals surface area contributed by atoms with Crippen LogP contribution in [0.5, 0.6) is 0 Å². The summed E-state index contributed by atoms with van der Waals surface area (Å²) in [5.74, 6) is 2.09. The van der Waals surface area contributed by atoms with Crippen LogP contribution in [-0.2, 0) is 0 Å². The van der Waals surface area contributed by atoms with Crippen molar-refractivity contribution in [1.82, 2.24) is 24.8 Å². The lowest BCUT2D eigenvalue weighted by Gasteiger charge is -2.31. The molecule has 0 amide bonds. The van der Waals surface area contributed by atoms with E-state index in [0.29, 0.717) is 17.9 Å². The normalized spacial score (nSPS) is 18.8. The average molecular weight is 434 g/mol. The van der Waals surface area contributed by atoms with Gasteiger partial charge in [0.15, 0.2) is 11.5 Å². The zero-order chi connectivity index (χ0) is 21.9. The van der Waals surface area contributed by atoms with Gasteiger partial charge in [-0.2, -0.15) is 9.97 Å². The number of aromatic nitrogens is 4. The molecule has 1 aliphatic heterocycles. The average Bonchev–Trinajstić information content (AvgIpc) is 3.30. The van der Waals surface area contributed by atoms with Crippen LogP contribution in [0.15, 0.2) is 24.5 Å². The molecule has 0 bridgehead atoms. The number of benzene rings is 1. The number of piperidine rings is 1. The third kappa shape index (κ3) is 4.58. The van der Waals surface area contributed by atoms with Gasteiger partial charge in [0.25, 0.3) is 0 Å². The first-order valence-electron chi connectivity index (χ1n) is 12.3. The van der Waals surface area contributed by atoms with Crippen molar-refractivity contribution in [2.45, 2.75) is 70.8 Å². The highest BCUT2D eigenvalue weighted by atomic mass is 15.2. The van der Waals surface area contributed by atoms with Crippen molar-refractivity contribution in [3.8, 4) is 0 Å². The lowest BCUT2D eigenvalue weighted by molar-refractivity contribution is 0.222. The number of nitrogens with one attached hydrogen (secondary N) is 3. The Hall–Kier alpha value is -2.67. The zero-order valence-electron chi connectivity index (χ0n) is 19.3. The van der Waals surface area contributed by atoms with Crippen LogP contribution in [0.3, 0.4) is 0 Å². The summed E-state index contributed by atoms with van der Waals surface area (Å²) in [6.07, 6.45) is 10.5. The Kier molecular flexibility index (Phi) is 6.26. The Labute approximate surface area is 190 Å². The largest absolute Gasteiger partial charge is 0.365 e. The minimum Gasteiger partial charge on any atom is -0.365 e. The summed E-state index contributed by atoms with van der Waals surface area (Å²) in [6, 6.07) is 7.26. The molecule has 2 aliphatic rings. The smallest absolute Gasteiger partial charge is 0.231 e. The molecule has 170 valence electrons. The van der Waals surface area contributed by atoms with Crippen LogP contribution < -0.4 is 10.6 Å². The second-order valence-electron chi connectivity index (χ2n) is 9.38. The summed E-state index contributed by atoms with van der Waals surface area (Å²) >= 11 is 0. The Morgan fingerprint density at radius 2 is 1.88 bits per heavy atom. The third-order valence-electron chi connectivity index (χ3n) is 7.23. The van der Waals surface area contributed by atoms with Crippen LogP contribution in [0.2, 0.25) is 0 Å². The quantitative estimate of drug-likeness (QED) is 0.486. The van der Waals surface area contributed by atoms with Crippen molar-refractivity contribution in [1.29, 1.82) is 0 Å². The monoisotopic (exact) mass is 433 g/mol. The van der Waals surface area contributed by atoms with Gasteiger partial charge < -0.3 is 20.5 Å². The topological polar surface area (TPSA) is 81.8 Å². The Bertz CT molecular complexity index is 1050. The Balaban J connectivity index is 1.34. The van der Waals surface area contributed by atoms with Crippen molar-refractivity contribution < 1.29 is 0 Å². The summed E-state index contributed by atoms with van der Waals surface area (Å²) < 4.78 is 0. The van der Waals surface area contributed by atoms with E-state index in [0.717, 1.165) is 29.2 Å². The molecule has 32 heavy (non-hydrogen) atoms. The molecule has 2 aromatic heterocycles. The number of aromatic amines is 1. The first-order chi connectivity index (χ1) is 15.7. The number of anilines is 3.